The van der Waals surface area contributed by atoms with Crippen LogP contribution < -0.4 is 0 Å². The zero-order chi connectivity index (χ0) is 14.4. The fourth-order valence-electron chi connectivity index (χ4n) is 3.12. The number of rotatable bonds is 2. The molecular weight excluding hydrogens is 302 g/mol. The summed E-state index contributed by atoms with van der Waals surface area (Å²) in [5.74, 6) is 0.404. The van der Waals surface area contributed by atoms with Crippen molar-refractivity contribution < 1.29 is 9.59 Å². The van der Waals surface area contributed by atoms with E-state index in [0.717, 1.165) is 13.1 Å². The average Bonchev–Trinajstić information content (AvgIpc) is 3.15. The second kappa shape index (κ2) is 5.66. The van der Waals surface area contributed by atoms with Crippen LogP contribution in [0, 0.1) is 0 Å². The number of fused-ring (bicyclic) bond motifs is 2. The minimum absolute atomic E-state index is 0. The van der Waals surface area contributed by atoms with Gasteiger partial charge in [-0.25, -0.2) is 4.98 Å². The van der Waals surface area contributed by atoms with E-state index in [4.69, 9.17) is 0 Å². The molecule has 2 heterocycles. The van der Waals surface area contributed by atoms with Crippen molar-refractivity contribution in [3.63, 3.8) is 0 Å². The summed E-state index contributed by atoms with van der Waals surface area (Å²) in [4.78, 5) is 34.6. The van der Waals surface area contributed by atoms with Crippen molar-refractivity contribution in [1.29, 1.82) is 0 Å². The van der Waals surface area contributed by atoms with Crippen LogP contribution in [0.25, 0.3) is 0 Å². The maximum Gasteiger partial charge on any atom is 0.214 e. The van der Waals surface area contributed by atoms with Gasteiger partial charge in [0.25, 0.3) is 0 Å². The number of likely N-dealkylation sites (tertiary alicyclic amines) is 1. The van der Waals surface area contributed by atoms with Crippen LogP contribution in [0.3, 0.4) is 0 Å². The van der Waals surface area contributed by atoms with Crippen molar-refractivity contribution in [3.05, 3.63) is 52.6 Å². The molecule has 114 valence electrons. The van der Waals surface area contributed by atoms with E-state index in [1.807, 2.05) is 0 Å². The first kappa shape index (κ1) is 14.9. The van der Waals surface area contributed by atoms with Crippen LogP contribution in [-0.4, -0.2) is 39.5 Å². The van der Waals surface area contributed by atoms with Crippen molar-refractivity contribution in [2.45, 2.75) is 19.4 Å². The number of benzene rings is 1. The fourth-order valence-corrected chi connectivity index (χ4v) is 3.12. The summed E-state index contributed by atoms with van der Waals surface area (Å²) in [5, 5.41) is 0. The van der Waals surface area contributed by atoms with Gasteiger partial charge in [0.05, 0.1) is 6.54 Å². The van der Waals surface area contributed by atoms with Crippen LogP contribution >= 0.6 is 12.4 Å². The van der Waals surface area contributed by atoms with Crippen molar-refractivity contribution in [1.82, 2.24) is 14.9 Å². The van der Waals surface area contributed by atoms with Gasteiger partial charge in [-0.15, -0.1) is 12.4 Å². The van der Waals surface area contributed by atoms with Gasteiger partial charge in [0, 0.05) is 11.1 Å². The second-order valence-electron chi connectivity index (χ2n) is 5.59. The monoisotopic (exact) mass is 317 g/mol. The first-order chi connectivity index (χ1) is 10.2. The molecule has 1 aliphatic carbocycles. The SMILES string of the molecule is Cl.O=C1c2ccccc2C(=O)c2[nH]c(CN3CCCC3)nc21. The highest BCUT2D eigenvalue weighted by atomic mass is 35.5. The number of nitrogens with zero attached hydrogens (tertiary/aromatic N) is 2. The molecule has 1 aromatic carbocycles. The van der Waals surface area contributed by atoms with Crippen molar-refractivity contribution in [2.24, 2.45) is 0 Å². The molecule has 0 bridgehead atoms. The zero-order valence-electron chi connectivity index (χ0n) is 12.0. The molecule has 0 atom stereocenters. The first-order valence-corrected chi connectivity index (χ1v) is 7.24. The topological polar surface area (TPSA) is 66.1 Å². The van der Waals surface area contributed by atoms with Gasteiger partial charge in [-0.3, -0.25) is 14.5 Å². The predicted octanol–water partition coefficient (Wildman–Crippen LogP) is 2.20. The number of carbonyl (C=O) groups is 2. The summed E-state index contributed by atoms with van der Waals surface area (Å²) in [6.45, 7) is 2.77. The molecule has 0 unspecified atom stereocenters. The Bertz CT molecular complexity index is 695. The standard InChI is InChI=1S/C16H15N3O2.ClH/c20-15-10-5-1-2-6-11(10)16(21)14-13(15)17-12(18-14)9-19-7-3-4-8-19;/h1-2,5-6H,3-4,7-9H2,(H,17,18);1H. The minimum atomic E-state index is -0.163. The van der Waals surface area contributed by atoms with E-state index in [1.54, 1.807) is 24.3 Å². The van der Waals surface area contributed by atoms with Gasteiger partial charge in [-0.1, -0.05) is 24.3 Å². The molecule has 5 nitrogen and oxygen atoms in total. The number of aromatic nitrogens is 2. The largest absolute Gasteiger partial charge is 0.338 e. The Morgan fingerprint density at radius 2 is 1.68 bits per heavy atom. The molecule has 1 aliphatic heterocycles. The number of imidazole rings is 1. The lowest BCUT2D eigenvalue weighted by Crippen LogP contribution is -2.20. The minimum Gasteiger partial charge on any atom is -0.338 e. The third kappa shape index (κ3) is 2.26. The molecule has 2 aromatic rings. The average molecular weight is 318 g/mol. The molecule has 1 saturated heterocycles. The van der Waals surface area contributed by atoms with E-state index in [9.17, 15) is 9.59 Å². The third-order valence-corrected chi connectivity index (χ3v) is 4.18. The van der Waals surface area contributed by atoms with Crippen LogP contribution in [0.4, 0.5) is 0 Å². The van der Waals surface area contributed by atoms with Crippen LogP contribution in [0.5, 0.6) is 0 Å². The van der Waals surface area contributed by atoms with Gasteiger partial charge >= 0.3 is 0 Å². The van der Waals surface area contributed by atoms with E-state index in [0.29, 0.717) is 29.2 Å². The molecule has 0 spiro atoms. The summed E-state index contributed by atoms with van der Waals surface area (Å²) >= 11 is 0. The molecule has 0 radical (unpaired) electrons. The Hall–Kier alpha value is -1.98. The van der Waals surface area contributed by atoms with Gasteiger partial charge in [-0.05, 0) is 25.9 Å². The Morgan fingerprint density at radius 1 is 1.05 bits per heavy atom. The van der Waals surface area contributed by atoms with Crippen molar-refractivity contribution in [2.75, 3.05) is 13.1 Å². The lowest BCUT2D eigenvalue weighted by Gasteiger charge is -2.12. The number of hydrogen-bond donors (Lipinski definition) is 1. The summed E-state index contributed by atoms with van der Waals surface area (Å²) in [6, 6.07) is 6.93. The van der Waals surface area contributed by atoms with E-state index >= 15 is 0 Å². The molecule has 1 N–H and O–H groups in total. The molecule has 22 heavy (non-hydrogen) atoms. The van der Waals surface area contributed by atoms with E-state index < -0.39 is 0 Å². The number of nitrogens with one attached hydrogen (secondary N) is 1. The number of H-pyrrole nitrogens is 1. The maximum atomic E-state index is 12.5. The number of aromatic amines is 1. The predicted molar refractivity (Wildman–Crippen MR) is 83.7 cm³/mol. The highest BCUT2D eigenvalue weighted by Gasteiger charge is 2.33. The molecule has 4 rings (SSSR count). The fraction of sp³-hybridized carbons (Fsp3) is 0.312. The Kier molecular flexibility index (Phi) is 3.85. The molecular formula is C16H16ClN3O2. The molecule has 0 amide bonds. The van der Waals surface area contributed by atoms with Gasteiger partial charge in [0.2, 0.25) is 11.6 Å². The quantitative estimate of drug-likeness (QED) is 0.787. The lowest BCUT2D eigenvalue weighted by molar-refractivity contribution is 0.0974. The summed E-state index contributed by atoms with van der Waals surface area (Å²) in [5.41, 5.74) is 1.53. The third-order valence-electron chi connectivity index (χ3n) is 4.18. The first-order valence-electron chi connectivity index (χ1n) is 7.24. The summed E-state index contributed by atoms with van der Waals surface area (Å²) in [7, 11) is 0. The van der Waals surface area contributed by atoms with Gasteiger partial charge in [0.15, 0.2) is 0 Å². The van der Waals surface area contributed by atoms with Crippen LogP contribution in [-0.2, 0) is 6.54 Å². The normalized spacial score (nSPS) is 17.1. The lowest BCUT2D eigenvalue weighted by atomic mass is 9.90. The zero-order valence-corrected chi connectivity index (χ0v) is 12.8. The maximum absolute atomic E-state index is 12.5. The molecule has 0 saturated carbocycles. The Balaban J connectivity index is 0.00000144. The number of carbonyl (C=O) groups excluding carboxylic acids is 2. The van der Waals surface area contributed by atoms with Crippen LogP contribution in [0.1, 0.15) is 50.8 Å². The van der Waals surface area contributed by atoms with E-state index in [2.05, 4.69) is 14.9 Å². The Labute approximate surface area is 134 Å². The van der Waals surface area contributed by atoms with Crippen molar-refractivity contribution in [3.8, 4) is 0 Å². The van der Waals surface area contributed by atoms with Crippen molar-refractivity contribution >= 4 is 24.0 Å². The molecule has 6 heteroatoms. The summed E-state index contributed by atoms with van der Waals surface area (Å²) < 4.78 is 0. The second-order valence-corrected chi connectivity index (χ2v) is 5.59. The summed E-state index contributed by atoms with van der Waals surface area (Å²) in [6.07, 6.45) is 2.40. The molecule has 2 aliphatic rings. The smallest absolute Gasteiger partial charge is 0.214 e. The van der Waals surface area contributed by atoms with Crippen LogP contribution in [0.2, 0.25) is 0 Å². The van der Waals surface area contributed by atoms with E-state index in [1.165, 1.54) is 12.8 Å². The molecule has 1 fully saturated rings. The highest BCUT2D eigenvalue weighted by molar-refractivity contribution is 6.27. The number of ketones is 2. The Morgan fingerprint density at radius 3 is 2.36 bits per heavy atom. The van der Waals surface area contributed by atoms with E-state index in [-0.39, 0.29) is 29.7 Å². The van der Waals surface area contributed by atoms with Gasteiger partial charge in [0.1, 0.15) is 17.2 Å². The van der Waals surface area contributed by atoms with Gasteiger partial charge < -0.3 is 4.98 Å². The molecule has 1 aromatic heterocycles. The number of halogens is 1. The van der Waals surface area contributed by atoms with Crippen LogP contribution in [0.15, 0.2) is 24.3 Å². The van der Waals surface area contributed by atoms with Gasteiger partial charge in [-0.2, -0.15) is 0 Å². The highest BCUT2D eigenvalue weighted by Crippen LogP contribution is 2.26. The number of hydrogen-bond acceptors (Lipinski definition) is 4.